The van der Waals surface area contributed by atoms with Crippen molar-refractivity contribution in [2.75, 3.05) is 5.32 Å². The van der Waals surface area contributed by atoms with Crippen LogP contribution in [0.1, 0.15) is 10.5 Å². The third kappa shape index (κ3) is 3.95. The molecule has 2 heterocycles. The SMILES string of the molecule is Cn1ccc(NC(=O)c2ccn(COc3ccc(Cl)cc3Br)n2)n1. The first-order chi connectivity index (χ1) is 11.5. The van der Waals surface area contributed by atoms with E-state index in [2.05, 4.69) is 31.4 Å². The molecule has 0 saturated heterocycles. The molecule has 1 amide bonds. The molecule has 24 heavy (non-hydrogen) atoms. The van der Waals surface area contributed by atoms with Gasteiger partial charge in [-0.15, -0.1) is 0 Å². The van der Waals surface area contributed by atoms with Crippen molar-refractivity contribution in [1.29, 1.82) is 0 Å². The second kappa shape index (κ2) is 7.06. The first-order valence-corrected chi connectivity index (χ1v) is 8.10. The number of carbonyl (C=O) groups excluding carboxylic acids is 1. The minimum absolute atomic E-state index is 0.164. The zero-order valence-electron chi connectivity index (χ0n) is 12.6. The van der Waals surface area contributed by atoms with Gasteiger partial charge < -0.3 is 10.1 Å². The van der Waals surface area contributed by atoms with Crippen molar-refractivity contribution >= 4 is 39.3 Å². The van der Waals surface area contributed by atoms with Crippen molar-refractivity contribution < 1.29 is 9.53 Å². The average Bonchev–Trinajstić information content (AvgIpc) is 3.15. The van der Waals surface area contributed by atoms with Gasteiger partial charge in [0.1, 0.15) is 5.75 Å². The summed E-state index contributed by atoms with van der Waals surface area (Å²) in [6.07, 6.45) is 3.41. The van der Waals surface area contributed by atoms with Gasteiger partial charge in [0.25, 0.3) is 5.91 Å². The summed E-state index contributed by atoms with van der Waals surface area (Å²) in [5.41, 5.74) is 0.277. The first-order valence-electron chi connectivity index (χ1n) is 6.93. The summed E-state index contributed by atoms with van der Waals surface area (Å²) >= 11 is 9.26. The zero-order valence-corrected chi connectivity index (χ0v) is 15.0. The van der Waals surface area contributed by atoms with Gasteiger partial charge in [-0.1, -0.05) is 11.6 Å². The number of nitrogens with one attached hydrogen (secondary N) is 1. The lowest BCUT2D eigenvalue weighted by Gasteiger charge is -2.08. The number of nitrogens with zero attached hydrogens (tertiary/aromatic N) is 4. The van der Waals surface area contributed by atoms with E-state index in [9.17, 15) is 4.79 Å². The van der Waals surface area contributed by atoms with Crippen molar-refractivity contribution in [2.24, 2.45) is 7.05 Å². The van der Waals surface area contributed by atoms with Gasteiger partial charge in [0.15, 0.2) is 18.2 Å². The number of benzene rings is 1. The smallest absolute Gasteiger partial charge is 0.277 e. The van der Waals surface area contributed by atoms with Crippen LogP contribution in [0.5, 0.6) is 5.75 Å². The Morgan fingerprint density at radius 1 is 1.29 bits per heavy atom. The molecule has 0 unspecified atom stereocenters. The van der Waals surface area contributed by atoms with Crippen molar-refractivity contribution in [3.05, 3.63) is 57.9 Å². The van der Waals surface area contributed by atoms with Crippen molar-refractivity contribution in [3.8, 4) is 5.75 Å². The second-order valence-corrected chi connectivity index (χ2v) is 6.21. The summed E-state index contributed by atoms with van der Waals surface area (Å²) in [5, 5.41) is 11.5. The summed E-state index contributed by atoms with van der Waals surface area (Å²) < 4.78 is 9.51. The number of ether oxygens (including phenoxy) is 1. The van der Waals surface area contributed by atoms with Gasteiger partial charge in [0.05, 0.1) is 4.47 Å². The lowest BCUT2D eigenvalue weighted by atomic mass is 10.3. The van der Waals surface area contributed by atoms with Gasteiger partial charge in [-0.05, 0) is 40.2 Å². The van der Waals surface area contributed by atoms with Gasteiger partial charge in [-0.2, -0.15) is 10.2 Å². The van der Waals surface area contributed by atoms with Crippen molar-refractivity contribution in [1.82, 2.24) is 19.6 Å². The Bertz CT molecular complexity index is 876. The highest BCUT2D eigenvalue weighted by molar-refractivity contribution is 9.10. The number of anilines is 1. The number of hydrogen-bond donors (Lipinski definition) is 1. The number of hydrogen-bond acceptors (Lipinski definition) is 4. The number of aromatic nitrogens is 4. The summed E-state index contributed by atoms with van der Waals surface area (Å²) in [6, 6.07) is 8.54. The molecule has 0 saturated carbocycles. The topological polar surface area (TPSA) is 74.0 Å². The van der Waals surface area contributed by atoms with Crippen LogP contribution in [0.2, 0.25) is 5.02 Å². The van der Waals surface area contributed by atoms with E-state index in [1.165, 1.54) is 4.68 Å². The molecule has 1 aromatic carbocycles. The highest BCUT2D eigenvalue weighted by Crippen LogP contribution is 2.28. The van der Waals surface area contributed by atoms with Gasteiger partial charge in [0.2, 0.25) is 0 Å². The predicted octanol–water partition coefficient (Wildman–Crippen LogP) is 3.32. The minimum atomic E-state index is -0.333. The van der Waals surface area contributed by atoms with Gasteiger partial charge >= 0.3 is 0 Å². The Hall–Kier alpha value is -2.32. The number of rotatable bonds is 5. The monoisotopic (exact) mass is 409 g/mol. The van der Waals surface area contributed by atoms with Gasteiger partial charge in [-0.25, -0.2) is 4.68 Å². The van der Waals surface area contributed by atoms with Crippen LogP contribution in [0.25, 0.3) is 0 Å². The Balaban J connectivity index is 1.61. The molecule has 0 fully saturated rings. The Kier molecular flexibility index (Phi) is 4.86. The summed E-state index contributed by atoms with van der Waals surface area (Å²) in [5.74, 6) is 0.771. The van der Waals surface area contributed by atoms with Crippen LogP contribution in [-0.2, 0) is 13.8 Å². The molecule has 1 N–H and O–H groups in total. The summed E-state index contributed by atoms with van der Waals surface area (Å²) in [6.45, 7) is 0.164. The first kappa shape index (κ1) is 16.5. The summed E-state index contributed by atoms with van der Waals surface area (Å²) in [7, 11) is 1.77. The Morgan fingerprint density at radius 2 is 2.12 bits per heavy atom. The fourth-order valence-corrected chi connectivity index (χ4v) is 2.74. The fraction of sp³-hybridized carbons (Fsp3) is 0.133. The van der Waals surface area contributed by atoms with Gasteiger partial charge in [0, 0.05) is 30.5 Å². The van der Waals surface area contributed by atoms with Crippen LogP contribution in [0.4, 0.5) is 5.82 Å². The molecule has 3 aromatic rings. The Labute approximate surface area is 151 Å². The number of aryl methyl sites for hydroxylation is 1. The van der Waals surface area contributed by atoms with Crippen LogP contribution in [-0.4, -0.2) is 25.5 Å². The molecule has 0 aliphatic carbocycles. The van der Waals surface area contributed by atoms with E-state index in [-0.39, 0.29) is 18.3 Å². The maximum Gasteiger partial charge on any atom is 0.277 e. The largest absolute Gasteiger partial charge is 0.470 e. The minimum Gasteiger partial charge on any atom is -0.470 e. The molecular weight excluding hydrogens is 398 g/mol. The third-order valence-corrected chi connectivity index (χ3v) is 3.93. The predicted molar refractivity (Wildman–Crippen MR) is 93.2 cm³/mol. The highest BCUT2D eigenvalue weighted by Gasteiger charge is 2.11. The molecule has 0 aliphatic heterocycles. The molecule has 124 valence electrons. The fourth-order valence-electron chi connectivity index (χ4n) is 1.94. The average molecular weight is 411 g/mol. The van der Waals surface area contributed by atoms with E-state index in [0.717, 1.165) is 4.47 Å². The summed E-state index contributed by atoms with van der Waals surface area (Å²) in [4.78, 5) is 12.1. The van der Waals surface area contributed by atoms with Gasteiger partial charge in [-0.3, -0.25) is 9.48 Å². The van der Waals surface area contributed by atoms with E-state index in [4.69, 9.17) is 16.3 Å². The van der Waals surface area contributed by atoms with Crippen LogP contribution in [0, 0.1) is 0 Å². The zero-order chi connectivity index (χ0) is 17.1. The Morgan fingerprint density at radius 3 is 2.83 bits per heavy atom. The number of amides is 1. The van der Waals surface area contributed by atoms with Crippen molar-refractivity contribution in [2.45, 2.75) is 6.73 Å². The quantitative estimate of drug-likeness (QED) is 0.700. The molecule has 0 bridgehead atoms. The molecule has 7 nitrogen and oxygen atoms in total. The molecule has 0 radical (unpaired) electrons. The van der Waals surface area contributed by atoms with E-state index < -0.39 is 0 Å². The molecule has 9 heteroatoms. The van der Waals surface area contributed by atoms with E-state index in [1.807, 2.05) is 0 Å². The highest BCUT2D eigenvalue weighted by atomic mass is 79.9. The lowest BCUT2D eigenvalue weighted by molar-refractivity contribution is 0.101. The lowest BCUT2D eigenvalue weighted by Crippen LogP contribution is -2.14. The van der Waals surface area contributed by atoms with Crippen LogP contribution in [0.15, 0.2) is 47.2 Å². The second-order valence-electron chi connectivity index (χ2n) is 4.92. The van der Waals surface area contributed by atoms with Crippen LogP contribution < -0.4 is 10.1 Å². The molecule has 0 aliphatic rings. The van der Waals surface area contributed by atoms with Crippen LogP contribution >= 0.6 is 27.5 Å². The van der Waals surface area contributed by atoms with E-state index in [0.29, 0.717) is 16.6 Å². The number of carbonyl (C=O) groups is 1. The van der Waals surface area contributed by atoms with Crippen molar-refractivity contribution in [3.63, 3.8) is 0 Å². The van der Waals surface area contributed by atoms with E-state index >= 15 is 0 Å². The molecule has 0 atom stereocenters. The molecular formula is C15H13BrClN5O2. The molecule has 3 rings (SSSR count). The third-order valence-electron chi connectivity index (χ3n) is 3.07. The normalized spacial score (nSPS) is 10.6. The standard InChI is InChI=1S/C15H13BrClN5O2/c1-21-6-5-14(20-21)18-15(23)12-4-7-22(19-12)9-24-13-3-2-10(17)8-11(13)16/h2-8H,9H2,1H3,(H,18,20,23). The molecule has 0 spiro atoms. The molecule has 2 aromatic heterocycles. The maximum absolute atomic E-state index is 12.1. The van der Waals surface area contributed by atoms with Crippen LogP contribution in [0.3, 0.4) is 0 Å². The van der Waals surface area contributed by atoms with E-state index in [1.54, 1.807) is 54.5 Å². The maximum atomic E-state index is 12.1. The number of halogens is 2.